The van der Waals surface area contributed by atoms with Gasteiger partial charge >= 0.3 is 0 Å². The van der Waals surface area contributed by atoms with Crippen molar-refractivity contribution in [1.82, 2.24) is 15.8 Å². The minimum absolute atomic E-state index is 0.208. The molecule has 2 aromatic rings. The maximum absolute atomic E-state index is 5.88. The highest BCUT2D eigenvalue weighted by molar-refractivity contribution is 5.79. The average molecular weight is 401 g/mol. The predicted octanol–water partition coefficient (Wildman–Crippen LogP) is 3.78. The van der Waals surface area contributed by atoms with E-state index in [0.29, 0.717) is 25.0 Å². The van der Waals surface area contributed by atoms with Crippen molar-refractivity contribution in [3.8, 4) is 11.5 Å². The lowest BCUT2D eigenvalue weighted by Crippen LogP contribution is -2.36. The van der Waals surface area contributed by atoms with Gasteiger partial charge in [0.1, 0.15) is 17.6 Å². The molecule has 0 bridgehead atoms. The first kappa shape index (κ1) is 21.0. The molecule has 1 unspecified atom stereocenters. The molecule has 1 aliphatic heterocycles. The van der Waals surface area contributed by atoms with Crippen LogP contribution in [0.4, 0.5) is 0 Å². The molecule has 29 heavy (non-hydrogen) atoms. The number of hydrogen-bond acceptors (Lipinski definition) is 5. The third-order valence-electron chi connectivity index (χ3n) is 5.38. The van der Waals surface area contributed by atoms with E-state index in [2.05, 4.69) is 53.7 Å². The van der Waals surface area contributed by atoms with Crippen LogP contribution < -0.4 is 20.1 Å². The molecule has 2 N–H and O–H groups in total. The first-order chi connectivity index (χ1) is 14.1. The highest BCUT2D eigenvalue weighted by atomic mass is 16.5. The number of rotatable bonds is 8. The molecule has 0 saturated heterocycles. The van der Waals surface area contributed by atoms with Crippen LogP contribution in [-0.4, -0.2) is 31.4 Å². The Hall–Kier alpha value is -2.70. The highest BCUT2D eigenvalue weighted by Crippen LogP contribution is 2.34. The van der Waals surface area contributed by atoms with Crippen LogP contribution in [-0.2, 0) is 19.5 Å². The Morgan fingerprint density at radius 1 is 1.24 bits per heavy atom. The van der Waals surface area contributed by atoms with Gasteiger partial charge < -0.3 is 24.6 Å². The molecule has 1 aromatic heterocycles. The smallest absolute Gasteiger partial charge is 0.191 e. The van der Waals surface area contributed by atoms with Gasteiger partial charge in [-0.2, -0.15) is 0 Å². The zero-order valence-electron chi connectivity index (χ0n) is 18.0. The van der Waals surface area contributed by atoms with Gasteiger partial charge in [0, 0.05) is 43.1 Å². The van der Waals surface area contributed by atoms with E-state index < -0.39 is 0 Å². The fourth-order valence-corrected chi connectivity index (χ4v) is 3.69. The van der Waals surface area contributed by atoms with Gasteiger partial charge in [-0.1, -0.05) is 19.0 Å². The summed E-state index contributed by atoms with van der Waals surface area (Å²) in [4.78, 5) is 4.29. The van der Waals surface area contributed by atoms with Crippen LogP contribution in [0.25, 0.3) is 0 Å². The third kappa shape index (κ3) is 5.02. The van der Waals surface area contributed by atoms with Gasteiger partial charge in [0.05, 0.1) is 19.3 Å². The lowest BCUT2D eigenvalue weighted by molar-refractivity contribution is 0.254. The number of aromatic nitrogens is 1. The van der Waals surface area contributed by atoms with Crippen molar-refractivity contribution < 1.29 is 14.0 Å². The Balaban J connectivity index is 1.58. The van der Waals surface area contributed by atoms with E-state index in [0.717, 1.165) is 47.8 Å². The number of nitrogens with zero attached hydrogens (tertiary/aromatic N) is 2. The van der Waals surface area contributed by atoms with Crippen molar-refractivity contribution >= 4 is 5.96 Å². The molecule has 7 heteroatoms. The van der Waals surface area contributed by atoms with Gasteiger partial charge in [-0.05, 0) is 31.9 Å². The fraction of sp³-hybridized carbons (Fsp3) is 0.545. The van der Waals surface area contributed by atoms with Crippen LogP contribution in [0.2, 0.25) is 0 Å². The summed E-state index contributed by atoms with van der Waals surface area (Å²) in [5, 5.41) is 10.8. The molecule has 2 heterocycles. The van der Waals surface area contributed by atoms with E-state index in [-0.39, 0.29) is 6.10 Å². The molecule has 0 spiro atoms. The zero-order chi connectivity index (χ0) is 20.8. The van der Waals surface area contributed by atoms with Crippen molar-refractivity contribution in [1.29, 1.82) is 0 Å². The molecule has 3 rings (SSSR count). The third-order valence-corrected chi connectivity index (χ3v) is 5.38. The Morgan fingerprint density at radius 2 is 2.00 bits per heavy atom. The number of aliphatic imine (C=N–C) groups is 1. The predicted molar refractivity (Wildman–Crippen MR) is 114 cm³/mol. The zero-order valence-corrected chi connectivity index (χ0v) is 18.0. The van der Waals surface area contributed by atoms with Crippen molar-refractivity contribution in [2.24, 2.45) is 4.99 Å². The van der Waals surface area contributed by atoms with E-state index >= 15 is 0 Å². The summed E-state index contributed by atoms with van der Waals surface area (Å²) in [6, 6.07) is 6.15. The van der Waals surface area contributed by atoms with Gasteiger partial charge in [0.15, 0.2) is 11.7 Å². The monoisotopic (exact) mass is 400 g/mol. The SMILES string of the molecule is CCC(CC)c1cc(CNC(=NC)NCc2cc3c(cc2OC)CC(C)O3)on1. The van der Waals surface area contributed by atoms with Gasteiger partial charge in [-0.25, -0.2) is 0 Å². The van der Waals surface area contributed by atoms with Crippen LogP contribution >= 0.6 is 0 Å². The van der Waals surface area contributed by atoms with Crippen molar-refractivity contribution in [3.63, 3.8) is 0 Å². The standard InChI is InChI=1S/C22H32N4O3/c1-6-15(7-2)19-11-18(29-26-19)13-25-22(23-4)24-12-17-10-21-16(8-14(3)28-21)9-20(17)27-5/h9-11,14-15H,6-8,12-13H2,1-5H3,(H2,23,24,25). The molecule has 1 aromatic carbocycles. The van der Waals surface area contributed by atoms with Crippen LogP contribution in [0.5, 0.6) is 11.5 Å². The largest absolute Gasteiger partial charge is 0.496 e. The Morgan fingerprint density at radius 3 is 2.69 bits per heavy atom. The van der Waals surface area contributed by atoms with E-state index in [1.54, 1.807) is 14.2 Å². The van der Waals surface area contributed by atoms with Crippen LogP contribution in [0.1, 0.15) is 62.1 Å². The van der Waals surface area contributed by atoms with Crippen LogP contribution in [0.3, 0.4) is 0 Å². The van der Waals surface area contributed by atoms with Gasteiger partial charge in [0.25, 0.3) is 0 Å². The second kappa shape index (κ2) is 9.67. The second-order valence-corrected chi connectivity index (χ2v) is 7.42. The quantitative estimate of drug-likeness (QED) is 0.519. The van der Waals surface area contributed by atoms with Crippen molar-refractivity contribution in [3.05, 3.63) is 40.8 Å². The molecular formula is C22H32N4O3. The lowest BCUT2D eigenvalue weighted by Gasteiger charge is -2.14. The van der Waals surface area contributed by atoms with Crippen LogP contribution in [0.15, 0.2) is 27.7 Å². The van der Waals surface area contributed by atoms with E-state index in [4.69, 9.17) is 14.0 Å². The normalized spacial score (nSPS) is 15.9. The molecule has 7 nitrogen and oxygen atoms in total. The first-order valence-corrected chi connectivity index (χ1v) is 10.3. The second-order valence-electron chi connectivity index (χ2n) is 7.42. The van der Waals surface area contributed by atoms with E-state index in [9.17, 15) is 0 Å². The molecule has 1 atom stereocenters. The number of fused-ring (bicyclic) bond motifs is 1. The molecular weight excluding hydrogens is 368 g/mol. The molecule has 1 aliphatic rings. The Kier molecular flexibility index (Phi) is 7.01. The summed E-state index contributed by atoms with van der Waals surface area (Å²) in [5.74, 6) is 3.72. The summed E-state index contributed by atoms with van der Waals surface area (Å²) in [5.41, 5.74) is 3.24. The van der Waals surface area contributed by atoms with Gasteiger partial charge in [-0.15, -0.1) is 0 Å². The number of guanidine groups is 1. The average Bonchev–Trinajstić information content (AvgIpc) is 3.33. The van der Waals surface area contributed by atoms with Crippen molar-refractivity contribution in [2.75, 3.05) is 14.2 Å². The summed E-state index contributed by atoms with van der Waals surface area (Å²) in [7, 11) is 3.44. The van der Waals surface area contributed by atoms with Gasteiger partial charge in [0.2, 0.25) is 0 Å². The summed E-state index contributed by atoms with van der Waals surface area (Å²) in [6.07, 6.45) is 3.24. The first-order valence-electron chi connectivity index (χ1n) is 10.3. The fourth-order valence-electron chi connectivity index (χ4n) is 3.69. The number of ether oxygens (including phenoxy) is 2. The number of hydrogen-bond donors (Lipinski definition) is 2. The Labute approximate surface area is 172 Å². The Bertz CT molecular complexity index is 843. The molecule has 0 radical (unpaired) electrons. The highest BCUT2D eigenvalue weighted by Gasteiger charge is 2.21. The lowest BCUT2D eigenvalue weighted by atomic mass is 9.99. The van der Waals surface area contributed by atoms with E-state index in [1.165, 1.54) is 5.56 Å². The molecule has 0 fully saturated rings. The molecule has 0 aliphatic carbocycles. The molecule has 158 valence electrons. The number of methoxy groups -OCH3 is 1. The van der Waals surface area contributed by atoms with E-state index in [1.807, 2.05) is 6.07 Å². The summed E-state index contributed by atoms with van der Waals surface area (Å²) in [6.45, 7) is 7.52. The topological polar surface area (TPSA) is 80.9 Å². The van der Waals surface area contributed by atoms with Crippen molar-refractivity contribution in [2.45, 2.75) is 65.1 Å². The number of nitrogens with one attached hydrogen (secondary N) is 2. The maximum Gasteiger partial charge on any atom is 0.191 e. The summed E-state index contributed by atoms with van der Waals surface area (Å²) >= 11 is 0. The minimum Gasteiger partial charge on any atom is -0.496 e. The van der Waals surface area contributed by atoms with Gasteiger partial charge in [-0.3, -0.25) is 4.99 Å². The number of benzene rings is 1. The molecule has 0 saturated carbocycles. The van der Waals surface area contributed by atoms with Crippen LogP contribution in [0, 0.1) is 0 Å². The molecule has 0 amide bonds. The maximum atomic E-state index is 5.88. The summed E-state index contributed by atoms with van der Waals surface area (Å²) < 4.78 is 16.9. The minimum atomic E-state index is 0.208.